The minimum atomic E-state index is 0.294. The lowest BCUT2D eigenvalue weighted by molar-refractivity contribution is -0.134. The highest BCUT2D eigenvalue weighted by Gasteiger charge is 2.25. The Bertz CT molecular complexity index is 612. The Morgan fingerprint density at radius 3 is 2.46 bits per heavy atom. The van der Waals surface area contributed by atoms with Crippen LogP contribution in [0.4, 0.5) is 0 Å². The van der Waals surface area contributed by atoms with Crippen molar-refractivity contribution in [3.05, 3.63) is 41.5 Å². The highest BCUT2D eigenvalue weighted by Crippen LogP contribution is 2.21. The van der Waals surface area contributed by atoms with Crippen LogP contribution in [0.25, 0.3) is 6.08 Å². The summed E-state index contributed by atoms with van der Waals surface area (Å²) in [6.07, 6.45) is 9.17. The zero-order valence-corrected chi connectivity index (χ0v) is 16.2. The number of aryl methyl sites for hydroxylation is 1. The van der Waals surface area contributed by atoms with E-state index >= 15 is 0 Å². The second-order valence-corrected chi connectivity index (χ2v) is 7.65. The number of likely N-dealkylation sites (tertiary alicyclic amines) is 2. The Morgan fingerprint density at radius 1 is 1.12 bits per heavy atom. The number of carbonyl (C=O) groups is 1. The maximum Gasteiger partial charge on any atom is 0.236 e. The third-order valence-electron chi connectivity index (χ3n) is 5.86. The van der Waals surface area contributed by atoms with Crippen LogP contribution in [0.2, 0.25) is 0 Å². The molecule has 4 heteroatoms. The molecule has 0 saturated carbocycles. The van der Waals surface area contributed by atoms with E-state index in [1.54, 1.807) is 7.11 Å². The van der Waals surface area contributed by atoms with Crippen LogP contribution in [0.1, 0.15) is 36.8 Å². The summed E-state index contributed by atoms with van der Waals surface area (Å²) in [6, 6.07) is 8.48. The van der Waals surface area contributed by atoms with E-state index in [1.807, 2.05) is 0 Å². The van der Waals surface area contributed by atoms with Gasteiger partial charge in [0, 0.05) is 33.3 Å². The predicted molar refractivity (Wildman–Crippen MR) is 106 cm³/mol. The van der Waals surface area contributed by atoms with Crippen molar-refractivity contribution in [2.75, 3.05) is 39.8 Å². The highest BCUT2D eigenvalue weighted by atomic mass is 16.5. The largest absolute Gasteiger partial charge is 0.381 e. The van der Waals surface area contributed by atoms with E-state index in [0.29, 0.717) is 24.5 Å². The summed E-state index contributed by atoms with van der Waals surface area (Å²) in [5, 5.41) is 0. The molecule has 4 nitrogen and oxygen atoms in total. The van der Waals surface area contributed by atoms with Gasteiger partial charge in [-0.05, 0) is 49.7 Å². The Morgan fingerprint density at radius 2 is 1.81 bits per heavy atom. The van der Waals surface area contributed by atoms with Crippen molar-refractivity contribution >= 4 is 12.0 Å². The maximum absolute atomic E-state index is 12.6. The number of carbonyl (C=O) groups excluding carboxylic acids is 1. The van der Waals surface area contributed by atoms with Gasteiger partial charge in [0.15, 0.2) is 0 Å². The maximum atomic E-state index is 12.6. The molecule has 0 aromatic heterocycles. The van der Waals surface area contributed by atoms with Crippen LogP contribution in [0.5, 0.6) is 0 Å². The van der Waals surface area contributed by atoms with Crippen LogP contribution in [-0.4, -0.2) is 61.6 Å². The first-order chi connectivity index (χ1) is 12.7. The number of benzene rings is 1. The van der Waals surface area contributed by atoms with Crippen LogP contribution in [0, 0.1) is 12.8 Å². The van der Waals surface area contributed by atoms with Gasteiger partial charge >= 0.3 is 0 Å². The molecule has 2 saturated heterocycles. The zero-order valence-electron chi connectivity index (χ0n) is 16.2. The van der Waals surface area contributed by atoms with Crippen molar-refractivity contribution in [3.8, 4) is 0 Å². The molecule has 0 N–H and O–H groups in total. The van der Waals surface area contributed by atoms with E-state index in [1.165, 1.54) is 11.1 Å². The highest BCUT2D eigenvalue weighted by molar-refractivity contribution is 5.78. The van der Waals surface area contributed by atoms with E-state index in [-0.39, 0.29) is 0 Å². The molecule has 2 aliphatic rings. The summed E-state index contributed by atoms with van der Waals surface area (Å²) < 4.78 is 5.41. The number of amides is 1. The fraction of sp³-hybridized carbons (Fsp3) is 0.591. The monoisotopic (exact) mass is 356 g/mol. The minimum absolute atomic E-state index is 0.294. The minimum Gasteiger partial charge on any atom is -0.381 e. The number of ether oxygens (including phenoxy) is 1. The molecule has 0 atom stereocenters. The van der Waals surface area contributed by atoms with Crippen molar-refractivity contribution in [2.45, 2.75) is 38.7 Å². The molecule has 0 spiro atoms. The van der Waals surface area contributed by atoms with E-state index in [4.69, 9.17) is 4.74 Å². The molecule has 142 valence electrons. The average Bonchev–Trinajstić information content (AvgIpc) is 2.68. The molecular weight excluding hydrogens is 324 g/mol. The van der Waals surface area contributed by atoms with E-state index < -0.39 is 0 Å². The molecule has 1 aromatic carbocycles. The number of hydrogen-bond acceptors (Lipinski definition) is 3. The van der Waals surface area contributed by atoms with Gasteiger partial charge in [-0.3, -0.25) is 9.69 Å². The van der Waals surface area contributed by atoms with E-state index in [2.05, 4.69) is 53.1 Å². The van der Waals surface area contributed by atoms with E-state index in [0.717, 1.165) is 51.9 Å². The van der Waals surface area contributed by atoms with Crippen LogP contribution in [0.15, 0.2) is 30.3 Å². The molecule has 0 radical (unpaired) electrons. The molecule has 2 aliphatic heterocycles. The second-order valence-electron chi connectivity index (χ2n) is 7.65. The van der Waals surface area contributed by atoms with Crippen LogP contribution in [0.3, 0.4) is 0 Å². The van der Waals surface area contributed by atoms with Crippen molar-refractivity contribution < 1.29 is 9.53 Å². The third kappa shape index (κ3) is 5.18. The van der Waals surface area contributed by atoms with E-state index in [9.17, 15) is 4.79 Å². The standard InChI is InChI=1S/C22H32N2O2/c1-18-5-3-4-6-20(18)8-7-19-9-15-24(16-10-19)22(25)17-23-13-11-21(26-2)12-14-23/h3-8,19,21H,9-17H2,1-2H3. The second kappa shape index (κ2) is 9.33. The molecule has 0 unspecified atom stereocenters. The lowest BCUT2D eigenvalue weighted by atomic mass is 9.95. The summed E-state index contributed by atoms with van der Waals surface area (Å²) >= 11 is 0. The Kier molecular flexibility index (Phi) is 6.86. The van der Waals surface area contributed by atoms with Gasteiger partial charge in [-0.25, -0.2) is 0 Å². The molecule has 2 fully saturated rings. The lowest BCUT2D eigenvalue weighted by Gasteiger charge is -2.35. The lowest BCUT2D eigenvalue weighted by Crippen LogP contribution is -2.46. The Labute approximate surface area is 157 Å². The first-order valence-corrected chi connectivity index (χ1v) is 9.92. The first-order valence-electron chi connectivity index (χ1n) is 9.92. The third-order valence-corrected chi connectivity index (χ3v) is 5.86. The Hall–Kier alpha value is -1.65. The predicted octanol–water partition coefficient (Wildman–Crippen LogP) is 3.36. The van der Waals surface area contributed by atoms with Gasteiger partial charge in [-0.1, -0.05) is 36.4 Å². The number of nitrogens with zero attached hydrogens (tertiary/aromatic N) is 2. The van der Waals surface area contributed by atoms with Crippen molar-refractivity contribution in [2.24, 2.45) is 5.92 Å². The van der Waals surface area contributed by atoms with Crippen LogP contribution in [-0.2, 0) is 9.53 Å². The first kappa shape index (κ1) is 19.1. The number of rotatable bonds is 5. The Balaban J connectivity index is 1.42. The van der Waals surface area contributed by atoms with Crippen LogP contribution < -0.4 is 0 Å². The summed E-state index contributed by atoms with van der Waals surface area (Å²) in [4.78, 5) is 16.9. The molecule has 2 heterocycles. The SMILES string of the molecule is COC1CCN(CC(=O)N2CCC(C=Cc3ccccc3C)CC2)CC1. The number of allylic oxidation sites excluding steroid dienone is 1. The number of hydrogen-bond donors (Lipinski definition) is 0. The van der Waals surface area contributed by atoms with Gasteiger partial charge in [0.05, 0.1) is 12.6 Å². The smallest absolute Gasteiger partial charge is 0.236 e. The van der Waals surface area contributed by atoms with Gasteiger partial charge in [0.1, 0.15) is 0 Å². The van der Waals surface area contributed by atoms with Crippen LogP contribution >= 0.6 is 0 Å². The summed E-state index contributed by atoms with van der Waals surface area (Å²) in [5.74, 6) is 0.873. The summed E-state index contributed by atoms with van der Waals surface area (Å²) in [6.45, 7) is 6.43. The van der Waals surface area contributed by atoms with Crippen molar-refractivity contribution in [1.29, 1.82) is 0 Å². The molecule has 3 rings (SSSR count). The normalized spacial score (nSPS) is 20.8. The number of piperidine rings is 2. The zero-order chi connectivity index (χ0) is 18.4. The average molecular weight is 357 g/mol. The summed E-state index contributed by atoms with van der Waals surface area (Å²) in [5.41, 5.74) is 2.61. The fourth-order valence-electron chi connectivity index (χ4n) is 3.95. The summed E-state index contributed by atoms with van der Waals surface area (Å²) in [7, 11) is 1.78. The van der Waals surface area contributed by atoms with Gasteiger partial charge in [0.25, 0.3) is 0 Å². The quantitative estimate of drug-likeness (QED) is 0.811. The molecule has 26 heavy (non-hydrogen) atoms. The number of methoxy groups -OCH3 is 1. The molecular formula is C22H32N2O2. The molecule has 0 aliphatic carbocycles. The van der Waals surface area contributed by atoms with Crippen molar-refractivity contribution in [1.82, 2.24) is 9.80 Å². The van der Waals surface area contributed by atoms with Gasteiger partial charge in [-0.2, -0.15) is 0 Å². The van der Waals surface area contributed by atoms with Gasteiger partial charge in [0.2, 0.25) is 5.91 Å². The molecule has 1 aromatic rings. The topological polar surface area (TPSA) is 32.8 Å². The molecule has 0 bridgehead atoms. The van der Waals surface area contributed by atoms with Gasteiger partial charge in [-0.15, -0.1) is 0 Å². The molecule has 1 amide bonds. The van der Waals surface area contributed by atoms with Crippen molar-refractivity contribution in [3.63, 3.8) is 0 Å². The van der Waals surface area contributed by atoms with Gasteiger partial charge < -0.3 is 9.64 Å². The fourth-order valence-corrected chi connectivity index (χ4v) is 3.95.